The van der Waals surface area contributed by atoms with Crippen molar-refractivity contribution in [3.05, 3.63) is 53.3 Å². The van der Waals surface area contributed by atoms with Gasteiger partial charge in [-0.05, 0) is 55.7 Å². The number of aryl methyl sites for hydroxylation is 1. The van der Waals surface area contributed by atoms with Gasteiger partial charge >= 0.3 is 0 Å². The van der Waals surface area contributed by atoms with Crippen LogP contribution >= 0.6 is 11.6 Å². The van der Waals surface area contributed by atoms with E-state index < -0.39 is 0 Å². The number of nitrogens with zero attached hydrogens (tertiary/aromatic N) is 2. The Morgan fingerprint density at radius 2 is 2.14 bits per heavy atom. The van der Waals surface area contributed by atoms with Crippen LogP contribution in [0.15, 0.2) is 36.5 Å². The van der Waals surface area contributed by atoms with Crippen molar-refractivity contribution < 1.29 is 0 Å². The van der Waals surface area contributed by atoms with Crippen molar-refractivity contribution in [2.45, 2.75) is 50.9 Å². The molecular weight excluding hydrogens is 280 g/mol. The molecule has 3 unspecified atom stereocenters. The van der Waals surface area contributed by atoms with E-state index in [0.29, 0.717) is 12.0 Å². The van der Waals surface area contributed by atoms with Crippen molar-refractivity contribution in [3.63, 3.8) is 0 Å². The summed E-state index contributed by atoms with van der Waals surface area (Å²) < 4.78 is 2.08. The number of aromatic nitrogens is 2. The molecule has 1 heterocycles. The second-order valence-corrected chi connectivity index (χ2v) is 6.62. The lowest BCUT2D eigenvalue weighted by Crippen LogP contribution is -2.19. The van der Waals surface area contributed by atoms with Crippen molar-refractivity contribution in [2.75, 3.05) is 0 Å². The van der Waals surface area contributed by atoms with E-state index in [1.165, 1.54) is 16.8 Å². The zero-order valence-electron chi connectivity index (χ0n) is 12.8. The van der Waals surface area contributed by atoms with Gasteiger partial charge in [0.05, 0.1) is 11.1 Å². The molecular formula is C18H23ClN2. The molecule has 1 aromatic carbocycles. The molecule has 3 atom stereocenters. The molecule has 0 radical (unpaired) electrons. The maximum Gasteiger partial charge on any atom is 0.0628 e. The molecule has 0 saturated heterocycles. The maximum atomic E-state index is 6.73. The Bertz CT molecular complexity index is 605. The van der Waals surface area contributed by atoms with Crippen LogP contribution < -0.4 is 0 Å². The zero-order chi connectivity index (χ0) is 14.8. The molecule has 2 nitrogen and oxygen atoms in total. The van der Waals surface area contributed by atoms with Crippen LogP contribution in [0.4, 0.5) is 0 Å². The monoisotopic (exact) mass is 302 g/mol. The van der Waals surface area contributed by atoms with Crippen LogP contribution in [0.3, 0.4) is 0 Å². The fraction of sp³-hybridized carbons (Fsp3) is 0.500. The lowest BCUT2D eigenvalue weighted by molar-refractivity contribution is 0.426. The normalized spacial score (nSPS) is 22.8. The number of rotatable bonds is 4. The van der Waals surface area contributed by atoms with Crippen LogP contribution in [-0.2, 0) is 12.8 Å². The van der Waals surface area contributed by atoms with E-state index in [0.717, 1.165) is 25.7 Å². The van der Waals surface area contributed by atoms with Gasteiger partial charge in [0.25, 0.3) is 0 Å². The summed E-state index contributed by atoms with van der Waals surface area (Å²) in [4.78, 5) is 0. The van der Waals surface area contributed by atoms with E-state index in [4.69, 9.17) is 16.7 Å². The van der Waals surface area contributed by atoms with Gasteiger partial charge in [-0.15, -0.1) is 11.6 Å². The van der Waals surface area contributed by atoms with Gasteiger partial charge in [0.2, 0.25) is 0 Å². The fourth-order valence-corrected chi connectivity index (χ4v) is 3.59. The lowest BCUT2D eigenvalue weighted by atomic mass is 9.81. The molecule has 3 rings (SSSR count). The summed E-state index contributed by atoms with van der Waals surface area (Å²) in [5, 5.41) is 4.84. The van der Waals surface area contributed by atoms with E-state index >= 15 is 0 Å². The first-order valence-electron chi connectivity index (χ1n) is 7.95. The van der Waals surface area contributed by atoms with E-state index in [2.05, 4.69) is 55.1 Å². The SMILES string of the molecule is CCC(C)n1ccc(CC2CCc3ccccc3C2Cl)n1. The van der Waals surface area contributed by atoms with Crippen LogP contribution in [0.5, 0.6) is 0 Å². The molecule has 0 N–H and O–H groups in total. The van der Waals surface area contributed by atoms with Crippen molar-refractivity contribution in [1.82, 2.24) is 9.78 Å². The predicted octanol–water partition coefficient (Wildman–Crippen LogP) is 4.94. The van der Waals surface area contributed by atoms with Gasteiger partial charge in [-0.2, -0.15) is 5.10 Å². The third-order valence-electron chi connectivity index (χ3n) is 4.73. The Balaban J connectivity index is 1.73. The maximum absolute atomic E-state index is 6.73. The second kappa shape index (κ2) is 6.23. The third kappa shape index (κ3) is 3.01. The Morgan fingerprint density at radius 1 is 1.33 bits per heavy atom. The van der Waals surface area contributed by atoms with E-state index in [-0.39, 0.29) is 5.38 Å². The summed E-state index contributed by atoms with van der Waals surface area (Å²) in [7, 11) is 0. The first-order chi connectivity index (χ1) is 10.2. The summed E-state index contributed by atoms with van der Waals surface area (Å²) in [6.07, 6.45) is 6.48. The number of hydrogen-bond acceptors (Lipinski definition) is 1. The van der Waals surface area contributed by atoms with Crippen molar-refractivity contribution in [3.8, 4) is 0 Å². The van der Waals surface area contributed by atoms with Crippen molar-refractivity contribution in [1.29, 1.82) is 0 Å². The zero-order valence-corrected chi connectivity index (χ0v) is 13.6. The highest BCUT2D eigenvalue weighted by molar-refractivity contribution is 6.21. The average molecular weight is 303 g/mol. The molecule has 21 heavy (non-hydrogen) atoms. The first kappa shape index (κ1) is 14.6. The molecule has 0 spiro atoms. The van der Waals surface area contributed by atoms with Gasteiger partial charge in [0.1, 0.15) is 0 Å². The van der Waals surface area contributed by atoms with Gasteiger partial charge < -0.3 is 0 Å². The summed E-state index contributed by atoms with van der Waals surface area (Å²) >= 11 is 6.73. The van der Waals surface area contributed by atoms with E-state index in [1.54, 1.807) is 0 Å². The minimum Gasteiger partial charge on any atom is -0.270 e. The largest absolute Gasteiger partial charge is 0.270 e. The highest BCUT2D eigenvalue weighted by Gasteiger charge is 2.28. The molecule has 1 aliphatic carbocycles. The highest BCUT2D eigenvalue weighted by Crippen LogP contribution is 2.40. The molecule has 0 fully saturated rings. The molecule has 0 aliphatic heterocycles. The molecule has 1 aliphatic rings. The second-order valence-electron chi connectivity index (χ2n) is 6.15. The molecule has 0 amide bonds. The predicted molar refractivity (Wildman–Crippen MR) is 87.8 cm³/mol. The Morgan fingerprint density at radius 3 is 2.95 bits per heavy atom. The summed E-state index contributed by atoms with van der Waals surface area (Å²) in [5.74, 6) is 0.488. The van der Waals surface area contributed by atoms with Crippen LogP contribution in [-0.4, -0.2) is 9.78 Å². The smallest absolute Gasteiger partial charge is 0.0628 e. The summed E-state index contributed by atoms with van der Waals surface area (Å²) in [5.41, 5.74) is 3.90. The first-order valence-corrected chi connectivity index (χ1v) is 8.38. The van der Waals surface area contributed by atoms with Gasteiger partial charge in [0, 0.05) is 12.2 Å². The molecule has 1 aromatic heterocycles. The number of alkyl halides is 1. The van der Waals surface area contributed by atoms with E-state index in [1.807, 2.05) is 0 Å². The minimum absolute atomic E-state index is 0.115. The quantitative estimate of drug-likeness (QED) is 0.732. The minimum atomic E-state index is 0.115. The van der Waals surface area contributed by atoms with Gasteiger partial charge in [0.15, 0.2) is 0 Å². The number of benzene rings is 1. The van der Waals surface area contributed by atoms with Gasteiger partial charge in [-0.25, -0.2) is 0 Å². The standard InChI is InChI=1S/C18H23ClN2/c1-3-13(2)21-11-10-16(20-21)12-15-9-8-14-6-4-5-7-17(14)18(15)19/h4-7,10-11,13,15,18H,3,8-9,12H2,1-2H3. The molecule has 2 aromatic rings. The van der Waals surface area contributed by atoms with Crippen LogP contribution in [0.1, 0.15) is 54.9 Å². The number of halogens is 1. The van der Waals surface area contributed by atoms with Crippen LogP contribution in [0, 0.1) is 5.92 Å². The van der Waals surface area contributed by atoms with Crippen molar-refractivity contribution in [2.24, 2.45) is 5.92 Å². The topological polar surface area (TPSA) is 17.8 Å². The Labute approximate surface area is 132 Å². The lowest BCUT2D eigenvalue weighted by Gasteiger charge is -2.29. The summed E-state index contributed by atoms with van der Waals surface area (Å²) in [6, 6.07) is 11.2. The van der Waals surface area contributed by atoms with Crippen molar-refractivity contribution >= 4 is 11.6 Å². The Kier molecular flexibility index (Phi) is 4.34. The van der Waals surface area contributed by atoms with Crippen LogP contribution in [0.2, 0.25) is 0 Å². The Hall–Kier alpha value is -1.28. The number of hydrogen-bond donors (Lipinski definition) is 0. The van der Waals surface area contributed by atoms with E-state index in [9.17, 15) is 0 Å². The third-order valence-corrected chi connectivity index (χ3v) is 5.32. The van der Waals surface area contributed by atoms with Crippen LogP contribution in [0.25, 0.3) is 0 Å². The summed E-state index contributed by atoms with van der Waals surface area (Å²) in [6.45, 7) is 4.40. The molecule has 0 saturated carbocycles. The van der Waals surface area contributed by atoms with Gasteiger partial charge in [-0.1, -0.05) is 31.2 Å². The fourth-order valence-electron chi connectivity index (χ4n) is 3.17. The average Bonchev–Trinajstić information content (AvgIpc) is 2.98. The van der Waals surface area contributed by atoms with Gasteiger partial charge in [-0.3, -0.25) is 4.68 Å². The molecule has 0 bridgehead atoms. The number of fused-ring (bicyclic) bond motifs is 1. The molecule has 3 heteroatoms. The molecule has 112 valence electrons. The highest BCUT2D eigenvalue weighted by atomic mass is 35.5.